The van der Waals surface area contributed by atoms with Crippen molar-refractivity contribution in [3.63, 3.8) is 0 Å². The standard InChI is InChI=1S/C19H30N4O2/c1-3-20-19(23-17-8-10-18(25)11-9-17)21-13-12-15-4-6-16(7-5-15)22-14(2)24/h4-7,17-18,25H,3,8-13H2,1-2H3,(H,22,24)(H2,20,21,23). The monoisotopic (exact) mass is 346 g/mol. The predicted octanol–water partition coefficient (Wildman–Crippen LogP) is 2.05. The normalized spacial score (nSPS) is 20.8. The van der Waals surface area contributed by atoms with Gasteiger partial charge >= 0.3 is 0 Å². The van der Waals surface area contributed by atoms with E-state index in [2.05, 4.69) is 27.9 Å². The summed E-state index contributed by atoms with van der Waals surface area (Å²) in [7, 11) is 0. The van der Waals surface area contributed by atoms with Gasteiger partial charge in [-0.1, -0.05) is 12.1 Å². The number of hydrogen-bond donors (Lipinski definition) is 4. The summed E-state index contributed by atoms with van der Waals surface area (Å²) in [6.07, 6.45) is 4.39. The van der Waals surface area contributed by atoms with Crippen molar-refractivity contribution in [3.05, 3.63) is 29.8 Å². The van der Waals surface area contributed by atoms with Crippen LogP contribution in [0.2, 0.25) is 0 Å². The molecular weight excluding hydrogens is 316 g/mol. The van der Waals surface area contributed by atoms with Gasteiger partial charge < -0.3 is 21.1 Å². The van der Waals surface area contributed by atoms with E-state index in [-0.39, 0.29) is 12.0 Å². The molecule has 0 bridgehead atoms. The fraction of sp³-hybridized carbons (Fsp3) is 0.579. The lowest BCUT2D eigenvalue weighted by atomic mass is 9.93. The lowest BCUT2D eigenvalue weighted by molar-refractivity contribution is -0.114. The largest absolute Gasteiger partial charge is 0.393 e. The molecule has 0 saturated heterocycles. The number of carbonyl (C=O) groups is 1. The zero-order valence-electron chi connectivity index (χ0n) is 15.2. The Balaban J connectivity index is 1.82. The van der Waals surface area contributed by atoms with Gasteiger partial charge in [0.25, 0.3) is 0 Å². The summed E-state index contributed by atoms with van der Waals surface area (Å²) in [5.74, 6) is 0.785. The molecule has 1 fully saturated rings. The van der Waals surface area contributed by atoms with Crippen LogP contribution in [0.15, 0.2) is 29.3 Å². The molecule has 1 aliphatic carbocycles. The Kier molecular flexibility index (Phi) is 7.73. The van der Waals surface area contributed by atoms with Crippen molar-refractivity contribution < 1.29 is 9.90 Å². The second-order valence-electron chi connectivity index (χ2n) is 6.54. The Morgan fingerprint density at radius 2 is 1.88 bits per heavy atom. The molecule has 25 heavy (non-hydrogen) atoms. The van der Waals surface area contributed by atoms with Gasteiger partial charge in [-0.2, -0.15) is 0 Å². The highest BCUT2D eigenvalue weighted by Crippen LogP contribution is 2.18. The van der Waals surface area contributed by atoms with Gasteiger partial charge in [-0.3, -0.25) is 9.79 Å². The number of hydrogen-bond acceptors (Lipinski definition) is 3. The molecule has 1 saturated carbocycles. The molecule has 6 nitrogen and oxygen atoms in total. The van der Waals surface area contributed by atoms with Crippen molar-refractivity contribution in [3.8, 4) is 0 Å². The highest BCUT2D eigenvalue weighted by molar-refractivity contribution is 5.88. The van der Waals surface area contributed by atoms with Crippen LogP contribution < -0.4 is 16.0 Å². The van der Waals surface area contributed by atoms with Crippen molar-refractivity contribution in [1.29, 1.82) is 0 Å². The minimum absolute atomic E-state index is 0.0612. The maximum Gasteiger partial charge on any atom is 0.221 e. The molecule has 6 heteroatoms. The zero-order valence-corrected chi connectivity index (χ0v) is 15.2. The molecular formula is C19H30N4O2. The molecule has 0 heterocycles. The third-order valence-electron chi connectivity index (χ3n) is 4.33. The Bertz CT molecular complexity index is 563. The third-order valence-corrected chi connectivity index (χ3v) is 4.33. The second-order valence-corrected chi connectivity index (χ2v) is 6.54. The van der Waals surface area contributed by atoms with E-state index in [9.17, 15) is 9.90 Å². The first-order valence-corrected chi connectivity index (χ1v) is 9.16. The minimum Gasteiger partial charge on any atom is -0.393 e. The van der Waals surface area contributed by atoms with E-state index < -0.39 is 0 Å². The van der Waals surface area contributed by atoms with E-state index in [0.717, 1.165) is 50.3 Å². The number of benzene rings is 1. The average Bonchev–Trinajstić information content (AvgIpc) is 2.58. The van der Waals surface area contributed by atoms with Gasteiger partial charge in [0.2, 0.25) is 5.91 Å². The number of aliphatic hydroxyl groups excluding tert-OH is 1. The Morgan fingerprint density at radius 1 is 1.20 bits per heavy atom. The van der Waals surface area contributed by atoms with Gasteiger partial charge in [-0.25, -0.2) is 0 Å². The second kappa shape index (κ2) is 10.0. The lowest BCUT2D eigenvalue weighted by Crippen LogP contribution is -2.45. The van der Waals surface area contributed by atoms with Crippen LogP contribution in [0.5, 0.6) is 0 Å². The number of aliphatic hydroxyl groups is 1. The van der Waals surface area contributed by atoms with Gasteiger partial charge in [0, 0.05) is 31.7 Å². The number of anilines is 1. The molecule has 1 aromatic rings. The molecule has 1 amide bonds. The van der Waals surface area contributed by atoms with E-state index in [1.807, 2.05) is 24.3 Å². The molecule has 0 aliphatic heterocycles. The zero-order chi connectivity index (χ0) is 18.1. The lowest BCUT2D eigenvalue weighted by Gasteiger charge is -2.27. The Morgan fingerprint density at radius 3 is 2.48 bits per heavy atom. The maximum atomic E-state index is 11.0. The van der Waals surface area contributed by atoms with Crippen LogP contribution >= 0.6 is 0 Å². The molecule has 0 spiro atoms. The van der Waals surface area contributed by atoms with Gasteiger partial charge in [0.1, 0.15) is 0 Å². The van der Waals surface area contributed by atoms with Crippen molar-refractivity contribution in [2.24, 2.45) is 4.99 Å². The molecule has 0 radical (unpaired) electrons. The Hall–Kier alpha value is -2.08. The number of nitrogens with one attached hydrogen (secondary N) is 3. The first-order valence-electron chi connectivity index (χ1n) is 9.16. The summed E-state index contributed by atoms with van der Waals surface area (Å²) >= 11 is 0. The number of aliphatic imine (C=N–C) groups is 1. The highest BCUT2D eigenvalue weighted by atomic mass is 16.3. The van der Waals surface area contributed by atoms with Crippen LogP contribution in [0.4, 0.5) is 5.69 Å². The molecule has 4 N–H and O–H groups in total. The van der Waals surface area contributed by atoms with E-state index >= 15 is 0 Å². The van der Waals surface area contributed by atoms with Crippen molar-refractivity contribution in [2.75, 3.05) is 18.4 Å². The summed E-state index contributed by atoms with van der Waals surface area (Å²) in [6.45, 7) is 5.09. The molecule has 138 valence electrons. The smallest absolute Gasteiger partial charge is 0.221 e. The molecule has 0 aromatic heterocycles. The molecule has 0 atom stereocenters. The number of amides is 1. The van der Waals surface area contributed by atoms with Crippen LogP contribution in [0.25, 0.3) is 0 Å². The molecule has 2 rings (SSSR count). The van der Waals surface area contributed by atoms with Crippen LogP contribution in [-0.4, -0.2) is 42.2 Å². The molecule has 1 aromatic carbocycles. The van der Waals surface area contributed by atoms with Gasteiger partial charge in [-0.15, -0.1) is 0 Å². The van der Waals surface area contributed by atoms with Crippen molar-refractivity contribution >= 4 is 17.6 Å². The summed E-state index contributed by atoms with van der Waals surface area (Å²) < 4.78 is 0. The minimum atomic E-state index is -0.141. The van der Waals surface area contributed by atoms with Gasteiger partial charge in [-0.05, 0) is 56.7 Å². The fourth-order valence-corrected chi connectivity index (χ4v) is 2.99. The van der Waals surface area contributed by atoms with Crippen LogP contribution in [0.1, 0.15) is 45.1 Å². The summed E-state index contributed by atoms with van der Waals surface area (Å²) in [4.78, 5) is 15.7. The third kappa shape index (κ3) is 7.13. The Labute approximate surface area is 150 Å². The van der Waals surface area contributed by atoms with Crippen LogP contribution in [0.3, 0.4) is 0 Å². The predicted molar refractivity (Wildman–Crippen MR) is 102 cm³/mol. The van der Waals surface area contributed by atoms with Gasteiger partial charge in [0.15, 0.2) is 5.96 Å². The number of carbonyl (C=O) groups excluding carboxylic acids is 1. The summed E-state index contributed by atoms with van der Waals surface area (Å²) in [5.41, 5.74) is 2.00. The van der Waals surface area contributed by atoms with E-state index in [4.69, 9.17) is 0 Å². The van der Waals surface area contributed by atoms with Crippen molar-refractivity contribution in [2.45, 2.75) is 58.1 Å². The highest BCUT2D eigenvalue weighted by Gasteiger charge is 2.19. The molecule has 1 aliphatic rings. The van der Waals surface area contributed by atoms with Crippen molar-refractivity contribution in [1.82, 2.24) is 10.6 Å². The van der Waals surface area contributed by atoms with Gasteiger partial charge in [0.05, 0.1) is 6.10 Å². The quantitative estimate of drug-likeness (QED) is 0.469. The summed E-state index contributed by atoms with van der Waals surface area (Å²) in [5, 5.41) is 19.1. The van der Waals surface area contributed by atoms with Crippen LogP contribution in [-0.2, 0) is 11.2 Å². The molecule has 0 unspecified atom stereocenters. The number of nitrogens with zero attached hydrogens (tertiary/aromatic N) is 1. The average molecular weight is 346 g/mol. The summed E-state index contributed by atoms with van der Waals surface area (Å²) in [6, 6.07) is 8.25. The first kappa shape index (κ1) is 19.2. The van der Waals surface area contributed by atoms with Crippen LogP contribution in [0, 0.1) is 0 Å². The topological polar surface area (TPSA) is 85.8 Å². The maximum absolute atomic E-state index is 11.0. The van der Waals surface area contributed by atoms with E-state index in [0.29, 0.717) is 12.6 Å². The number of guanidine groups is 1. The fourth-order valence-electron chi connectivity index (χ4n) is 2.99. The SMILES string of the molecule is CCNC(=NCCc1ccc(NC(C)=O)cc1)NC1CCC(O)CC1. The number of rotatable bonds is 6. The first-order chi connectivity index (χ1) is 12.1. The van der Waals surface area contributed by atoms with E-state index in [1.165, 1.54) is 12.5 Å². The van der Waals surface area contributed by atoms with E-state index in [1.54, 1.807) is 0 Å².